The van der Waals surface area contributed by atoms with Crippen molar-refractivity contribution in [1.29, 1.82) is 0 Å². The van der Waals surface area contributed by atoms with Gasteiger partial charge >= 0.3 is 12.3 Å². The van der Waals surface area contributed by atoms with E-state index in [0.717, 1.165) is 12.1 Å². The number of carboxylic acid groups (broad SMARTS) is 1. The van der Waals surface area contributed by atoms with E-state index in [0.29, 0.717) is 11.6 Å². The lowest BCUT2D eigenvalue weighted by Gasteiger charge is -2.13. The average Bonchev–Trinajstić information content (AvgIpc) is 2.48. The monoisotopic (exact) mass is 356 g/mol. The number of aromatic carboxylic acids is 1. The average molecular weight is 356 g/mol. The second-order valence-electron chi connectivity index (χ2n) is 4.89. The molecular weight excluding hydrogens is 345 g/mol. The quantitative estimate of drug-likeness (QED) is 0.614. The third-order valence-corrected chi connectivity index (χ3v) is 3.23. The maximum Gasteiger partial charge on any atom is 0.573 e. The molecule has 0 aliphatic rings. The molecule has 0 aromatic heterocycles. The molecule has 2 aromatic rings. The van der Waals surface area contributed by atoms with E-state index >= 15 is 0 Å². The van der Waals surface area contributed by atoms with Gasteiger partial charge in [0.1, 0.15) is 11.4 Å². The number of hydrogen-bond acceptors (Lipinski definition) is 5. The Bertz CT molecular complexity index is 836. The molecule has 0 unspecified atom stereocenters. The second kappa shape index (κ2) is 6.67. The molecule has 0 radical (unpaired) electrons. The maximum absolute atomic E-state index is 12.2. The Morgan fingerprint density at radius 3 is 2.48 bits per heavy atom. The molecule has 0 spiro atoms. The number of carboxylic acids is 1. The fourth-order valence-electron chi connectivity index (χ4n) is 2.11. The Morgan fingerprint density at radius 1 is 1.24 bits per heavy atom. The van der Waals surface area contributed by atoms with E-state index in [9.17, 15) is 28.1 Å². The van der Waals surface area contributed by atoms with E-state index in [1.165, 1.54) is 25.1 Å². The van der Waals surface area contributed by atoms with Gasteiger partial charge < -0.3 is 15.2 Å². The highest BCUT2D eigenvalue weighted by molar-refractivity contribution is 5.91. The zero-order valence-electron chi connectivity index (χ0n) is 12.6. The van der Waals surface area contributed by atoms with Crippen LogP contribution >= 0.6 is 0 Å². The normalized spacial score (nSPS) is 11.0. The predicted molar refractivity (Wildman–Crippen MR) is 81.2 cm³/mol. The van der Waals surface area contributed by atoms with Crippen molar-refractivity contribution in [1.82, 2.24) is 0 Å². The van der Waals surface area contributed by atoms with Gasteiger partial charge in [-0.2, -0.15) is 0 Å². The zero-order valence-corrected chi connectivity index (χ0v) is 12.6. The van der Waals surface area contributed by atoms with Crippen LogP contribution in [0.4, 0.5) is 30.2 Å². The molecule has 25 heavy (non-hydrogen) atoms. The summed E-state index contributed by atoms with van der Waals surface area (Å²) in [4.78, 5) is 21.4. The number of nitro benzene ring substituents is 1. The number of benzene rings is 2. The molecule has 0 bridgehead atoms. The summed E-state index contributed by atoms with van der Waals surface area (Å²) in [5.74, 6) is -1.91. The molecule has 2 N–H and O–H groups in total. The number of rotatable bonds is 5. The minimum Gasteiger partial charge on any atom is -0.478 e. The molecule has 0 amide bonds. The number of nitro groups is 1. The Kier molecular flexibility index (Phi) is 4.82. The highest BCUT2D eigenvalue weighted by Gasteiger charge is 2.32. The number of alkyl halides is 3. The van der Waals surface area contributed by atoms with Crippen LogP contribution in [-0.4, -0.2) is 22.4 Å². The van der Waals surface area contributed by atoms with Crippen LogP contribution in [0.3, 0.4) is 0 Å². The molecular formula is C15H11F3N2O5. The summed E-state index contributed by atoms with van der Waals surface area (Å²) in [6.07, 6.45) is -4.98. The van der Waals surface area contributed by atoms with Crippen molar-refractivity contribution < 1.29 is 32.7 Å². The molecule has 0 aliphatic heterocycles. The highest BCUT2D eigenvalue weighted by atomic mass is 19.4. The Balaban J connectivity index is 2.42. The largest absolute Gasteiger partial charge is 0.573 e. The van der Waals surface area contributed by atoms with Gasteiger partial charge in [0.15, 0.2) is 0 Å². The molecule has 0 fully saturated rings. The van der Waals surface area contributed by atoms with Gasteiger partial charge in [-0.1, -0.05) is 6.07 Å². The van der Waals surface area contributed by atoms with Gasteiger partial charge in [0.05, 0.1) is 16.6 Å². The number of nitrogens with zero attached hydrogens (tertiary/aromatic N) is 1. The highest BCUT2D eigenvalue weighted by Crippen LogP contribution is 2.34. The van der Waals surface area contributed by atoms with Gasteiger partial charge in [0, 0.05) is 5.69 Å². The third-order valence-electron chi connectivity index (χ3n) is 3.23. The summed E-state index contributed by atoms with van der Waals surface area (Å²) in [7, 11) is 0. The molecule has 7 nitrogen and oxygen atoms in total. The van der Waals surface area contributed by atoms with Gasteiger partial charge in [0.2, 0.25) is 0 Å². The van der Waals surface area contributed by atoms with Crippen LogP contribution in [0.2, 0.25) is 0 Å². The number of anilines is 2. The summed E-state index contributed by atoms with van der Waals surface area (Å²) >= 11 is 0. The van der Waals surface area contributed by atoms with Gasteiger partial charge in [0.25, 0.3) is 5.69 Å². The molecule has 2 aromatic carbocycles. The van der Waals surface area contributed by atoms with Crippen LogP contribution in [-0.2, 0) is 0 Å². The van der Waals surface area contributed by atoms with Crippen molar-refractivity contribution in [2.75, 3.05) is 5.32 Å². The summed E-state index contributed by atoms with van der Waals surface area (Å²) in [6.45, 7) is 1.50. The van der Waals surface area contributed by atoms with Crippen molar-refractivity contribution in [2.24, 2.45) is 0 Å². The van der Waals surface area contributed by atoms with E-state index in [2.05, 4.69) is 10.1 Å². The van der Waals surface area contributed by atoms with Gasteiger partial charge in [-0.05, 0) is 36.8 Å². The van der Waals surface area contributed by atoms with E-state index in [1.54, 1.807) is 0 Å². The Labute approximate surface area is 138 Å². The topological polar surface area (TPSA) is 102 Å². The van der Waals surface area contributed by atoms with Gasteiger partial charge in [-0.3, -0.25) is 10.1 Å². The maximum atomic E-state index is 12.2. The van der Waals surface area contributed by atoms with Crippen LogP contribution in [0.15, 0.2) is 36.4 Å². The SMILES string of the molecule is Cc1c(Nc2ccc(OC(F)(F)F)cc2[N+](=O)[O-])cccc1C(=O)O. The van der Waals surface area contributed by atoms with Crippen molar-refractivity contribution in [3.8, 4) is 5.75 Å². The minimum atomic E-state index is -4.98. The first-order valence-corrected chi connectivity index (χ1v) is 6.72. The summed E-state index contributed by atoms with van der Waals surface area (Å²) in [6, 6.07) is 6.88. The second-order valence-corrected chi connectivity index (χ2v) is 4.89. The van der Waals surface area contributed by atoms with Crippen molar-refractivity contribution in [2.45, 2.75) is 13.3 Å². The van der Waals surface area contributed by atoms with Crippen LogP contribution in [0.5, 0.6) is 5.75 Å². The van der Waals surface area contributed by atoms with Crippen LogP contribution in [0, 0.1) is 17.0 Å². The van der Waals surface area contributed by atoms with Crippen LogP contribution in [0.1, 0.15) is 15.9 Å². The first kappa shape index (κ1) is 18.0. The van der Waals surface area contributed by atoms with E-state index < -0.39 is 28.7 Å². The molecule has 0 heterocycles. The fourth-order valence-corrected chi connectivity index (χ4v) is 2.11. The number of nitrogens with one attached hydrogen (secondary N) is 1. The fraction of sp³-hybridized carbons (Fsp3) is 0.133. The summed E-state index contributed by atoms with van der Waals surface area (Å²) in [5, 5.41) is 22.9. The number of carbonyl (C=O) groups is 1. The lowest BCUT2D eigenvalue weighted by molar-refractivity contribution is -0.384. The Morgan fingerprint density at radius 2 is 1.92 bits per heavy atom. The summed E-state index contributed by atoms with van der Waals surface area (Å²) in [5.41, 5.74) is -0.177. The number of hydrogen-bond donors (Lipinski definition) is 2. The van der Waals surface area contributed by atoms with Crippen LogP contribution < -0.4 is 10.1 Å². The first-order chi connectivity index (χ1) is 11.6. The molecule has 2 rings (SSSR count). The lowest BCUT2D eigenvalue weighted by Crippen LogP contribution is -2.17. The molecule has 10 heteroatoms. The van der Waals surface area contributed by atoms with E-state index in [1.807, 2.05) is 0 Å². The van der Waals surface area contributed by atoms with E-state index in [4.69, 9.17) is 5.11 Å². The Hall–Kier alpha value is -3.30. The molecule has 0 atom stereocenters. The molecule has 0 aliphatic carbocycles. The minimum absolute atomic E-state index is 0.00956. The number of halogens is 3. The predicted octanol–water partition coefficient (Wildman–Crippen LogP) is 4.24. The van der Waals surface area contributed by atoms with Crippen LogP contribution in [0.25, 0.3) is 0 Å². The molecule has 0 saturated heterocycles. The van der Waals surface area contributed by atoms with Gasteiger partial charge in [-0.15, -0.1) is 13.2 Å². The third kappa shape index (κ3) is 4.37. The lowest BCUT2D eigenvalue weighted by atomic mass is 10.1. The number of ether oxygens (including phenoxy) is 1. The van der Waals surface area contributed by atoms with E-state index in [-0.39, 0.29) is 16.9 Å². The first-order valence-electron chi connectivity index (χ1n) is 6.72. The van der Waals surface area contributed by atoms with Gasteiger partial charge in [-0.25, -0.2) is 4.79 Å². The van der Waals surface area contributed by atoms with Crippen molar-refractivity contribution in [3.05, 3.63) is 57.6 Å². The standard InChI is InChI=1S/C15H11F3N2O5/c1-8-10(14(21)22)3-2-4-11(8)19-12-6-5-9(25-15(16,17)18)7-13(12)20(23)24/h2-7,19H,1H3,(H,21,22). The molecule has 132 valence electrons. The zero-order chi connectivity index (χ0) is 18.8. The van der Waals surface area contributed by atoms with Crippen molar-refractivity contribution in [3.63, 3.8) is 0 Å². The molecule has 0 saturated carbocycles. The van der Waals surface area contributed by atoms with Crippen molar-refractivity contribution >= 4 is 23.0 Å². The summed E-state index contributed by atoms with van der Waals surface area (Å²) < 4.78 is 40.4. The smallest absolute Gasteiger partial charge is 0.478 e.